The van der Waals surface area contributed by atoms with Crippen LogP contribution in [-0.2, 0) is 14.3 Å². The molecular formula is C11H10ClNO6. The van der Waals surface area contributed by atoms with Crippen LogP contribution in [-0.4, -0.2) is 30.1 Å². The molecule has 0 N–H and O–H groups in total. The maximum Gasteiger partial charge on any atom is 0.346 e. The number of nitro groups is 1. The van der Waals surface area contributed by atoms with Gasteiger partial charge in [0.1, 0.15) is 0 Å². The number of carbonyl (C=O) groups excluding carboxylic acids is 2. The molecular weight excluding hydrogens is 278 g/mol. The van der Waals surface area contributed by atoms with E-state index in [1.807, 2.05) is 0 Å². The third-order valence-corrected chi connectivity index (χ3v) is 2.51. The minimum Gasteiger partial charge on any atom is -0.466 e. The van der Waals surface area contributed by atoms with E-state index in [-0.39, 0.29) is 16.3 Å². The summed E-state index contributed by atoms with van der Waals surface area (Å²) in [7, 11) is 1.16. The molecule has 0 aliphatic carbocycles. The Bertz CT molecular complexity index is 530. The lowest BCUT2D eigenvalue weighted by Crippen LogP contribution is -2.25. The van der Waals surface area contributed by atoms with Gasteiger partial charge in [-0.15, -0.1) is 0 Å². The van der Waals surface area contributed by atoms with Crippen molar-refractivity contribution in [2.75, 3.05) is 7.11 Å². The summed E-state index contributed by atoms with van der Waals surface area (Å²) < 4.78 is 9.19. The lowest BCUT2D eigenvalue weighted by atomic mass is 10.2. The summed E-state index contributed by atoms with van der Waals surface area (Å²) >= 11 is 5.74. The van der Waals surface area contributed by atoms with Crippen LogP contribution in [0.15, 0.2) is 18.2 Å². The van der Waals surface area contributed by atoms with Crippen LogP contribution in [0.3, 0.4) is 0 Å². The van der Waals surface area contributed by atoms with E-state index in [2.05, 4.69) is 4.74 Å². The topological polar surface area (TPSA) is 95.7 Å². The first kappa shape index (κ1) is 14.9. The predicted octanol–water partition coefficient (Wildman–Crippen LogP) is 1.97. The van der Waals surface area contributed by atoms with E-state index >= 15 is 0 Å². The maximum absolute atomic E-state index is 11.7. The summed E-state index contributed by atoms with van der Waals surface area (Å²) in [6, 6.07) is 3.30. The van der Waals surface area contributed by atoms with Crippen LogP contribution in [0.2, 0.25) is 5.02 Å². The van der Waals surface area contributed by atoms with Gasteiger partial charge in [0.05, 0.1) is 22.6 Å². The lowest BCUT2D eigenvalue weighted by molar-refractivity contribution is -0.384. The third kappa shape index (κ3) is 3.65. The molecule has 8 heteroatoms. The molecule has 0 aliphatic heterocycles. The van der Waals surface area contributed by atoms with Crippen LogP contribution in [0, 0.1) is 10.1 Å². The fourth-order valence-electron chi connectivity index (χ4n) is 1.22. The Kier molecular flexibility index (Phi) is 4.82. The number of nitro benzene ring substituents is 1. The normalized spacial score (nSPS) is 11.5. The predicted molar refractivity (Wildman–Crippen MR) is 65.0 cm³/mol. The highest BCUT2D eigenvalue weighted by atomic mass is 35.5. The second kappa shape index (κ2) is 6.14. The van der Waals surface area contributed by atoms with Crippen molar-refractivity contribution in [3.8, 4) is 0 Å². The van der Waals surface area contributed by atoms with Gasteiger partial charge in [-0.05, 0) is 13.0 Å². The number of halogens is 1. The molecule has 7 nitrogen and oxygen atoms in total. The monoisotopic (exact) mass is 287 g/mol. The Balaban J connectivity index is 2.89. The molecule has 1 atom stereocenters. The van der Waals surface area contributed by atoms with Gasteiger partial charge in [-0.1, -0.05) is 11.6 Å². The summed E-state index contributed by atoms with van der Waals surface area (Å²) in [6.45, 7) is 1.34. The molecule has 0 spiro atoms. The highest BCUT2D eigenvalue weighted by molar-refractivity contribution is 6.33. The van der Waals surface area contributed by atoms with Gasteiger partial charge >= 0.3 is 11.9 Å². The first-order valence-electron chi connectivity index (χ1n) is 5.09. The summed E-state index contributed by atoms with van der Waals surface area (Å²) in [5.41, 5.74) is -0.314. The van der Waals surface area contributed by atoms with Gasteiger partial charge in [0.25, 0.3) is 5.69 Å². The molecule has 1 aromatic rings. The number of rotatable bonds is 4. The SMILES string of the molecule is COC(=O)C(C)OC(=O)c1ccc([N+](=O)[O-])cc1Cl. The number of methoxy groups -OCH3 is 1. The molecule has 1 rings (SSSR count). The lowest BCUT2D eigenvalue weighted by Gasteiger charge is -2.11. The molecule has 0 amide bonds. The minimum absolute atomic E-state index is 0.0666. The number of hydrogen-bond donors (Lipinski definition) is 0. The van der Waals surface area contributed by atoms with Crippen LogP contribution in [0.1, 0.15) is 17.3 Å². The van der Waals surface area contributed by atoms with Gasteiger partial charge in [-0.3, -0.25) is 10.1 Å². The molecule has 0 aliphatic rings. The molecule has 19 heavy (non-hydrogen) atoms. The number of non-ortho nitro benzene ring substituents is 1. The average molecular weight is 288 g/mol. The maximum atomic E-state index is 11.7. The summed E-state index contributed by atoms with van der Waals surface area (Å²) in [6.07, 6.45) is -1.09. The molecule has 0 saturated carbocycles. The molecule has 0 radical (unpaired) electrons. The zero-order valence-corrected chi connectivity index (χ0v) is 10.8. The molecule has 102 valence electrons. The van der Waals surface area contributed by atoms with Crippen LogP contribution < -0.4 is 0 Å². The second-order valence-corrected chi connectivity index (χ2v) is 3.90. The van der Waals surface area contributed by atoms with Crippen LogP contribution >= 0.6 is 11.6 Å². The number of nitrogens with zero attached hydrogens (tertiary/aromatic N) is 1. The fraction of sp³-hybridized carbons (Fsp3) is 0.273. The number of benzene rings is 1. The smallest absolute Gasteiger partial charge is 0.346 e. The second-order valence-electron chi connectivity index (χ2n) is 3.49. The molecule has 0 saturated heterocycles. The quantitative estimate of drug-likeness (QED) is 0.477. The largest absolute Gasteiger partial charge is 0.466 e. The van der Waals surface area contributed by atoms with E-state index in [1.165, 1.54) is 6.92 Å². The number of esters is 2. The van der Waals surface area contributed by atoms with Crippen molar-refractivity contribution in [2.24, 2.45) is 0 Å². The van der Waals surface area contributed by atoms with Gasteiger partial charge in [0.15, 0.2) is 6.10 Å². The zero-order valence-electron chi connectivity index (χ0n) is 10.1. The molecule has 0 fully saturated rings. The first-order chi connectivity index (χ1) is 8.86. The van der Waals surface area contributed by atoms with E-state index in [4.69, 9.17) is 16.3 Å². The summed E-state index contributed by atoms with van der Waals surface area (Å²) in [5.74, 6) is -1.58. The highest BCUT2D eigenvalue weighted by Gasteiger charge is 2.22. The summed E-state index contributed by atoms with van der Waals surface area (Å²) in [4.78, 5) is 32.6. The van der Waals surface area contributed by atoms with Gasteiger partial charge in [-0.2, -0.15) is 0 Å². The van der Waals surface area contributed by atoms with Crippen molar-refractivity contribution in [2.45, 2.75) is 13.0 Å². The van der Waals surface area contributed by atoms with Crippen molar-refractivity contribution < 1.29 is 24.0 Å². The highest BCUT2D eigenvalue weighted by Crippen LogP contribution is 2.23. The van der Waals surface area contributed by atoms with Crippen molar-refractivity contribution in [3.05, 3.63) is 38.9 Å². The Morgan fingerprint density at radius 2 is 2.05 bits per heavy atom. The van der Waals surface area contributed by atoms with Crippen molar-refractivity contribution in [3.63, 3.8) is 0 Å². The van der Waals surface area contributed by atoms with E-state index in [1.54, 1.807) is 0 Å². The zero-order chi connectivity index (χ0) is 14.6. The van der Waals surface area contributed by atoms with Crippen molar-refractivity contribution >= 4 is 29.2 Å². The Hall–Kier alpha value is -2.15. The van der Waals surface area contributed by atoms with Crippen LogP contribution in [0.4, 0.5) is 5.69 Å². The van der Waals surface area contributed by atoms with Gasteiger partial charge in [0, 0.05) is 12.1 Å². The molecule has 0 aromatic heterocycles. The molecule has 0 heterocycles. The van der Waals surface area contributed by atoms with Gasteiger partial charge in [0.2, 0.25) is 0 Å². The van der Waals surface area contributed by atoms with Crippen LogP contribution in [0.25, 0.3) is 0 Å². The Morgan fingerprint density at radius 3 is 2.53 bits per heavy atom. The number of carbonyl (C=O) groups is 2. The summed E-state index contributed by atoms with van der Waals surface area (Å²) in [5, 5.41) is 10.4. The van der Waals surface area contributed by atoms with Crippen molar-refractivity contribution in [1.29, 1.82) is 0 Å². The molecule has 0 bridgehead atoms. The van der Waals surface area contributed by atoms with E-state index in [0.717, 1.165) is 25.3 Å². The van der Waals surface area contributed by atoms with E-state index in [0.29, 0.717) is 0 Å². The minimum atomic E-state index is -1.09. The fourth-order valence-corrected chi connectivity index (χ4v) is 1.47. The standard InChI is InChI=1S/C11H10ClNO6/c1-6(10(14)18-2)19-11(15)8-4-3-7(13(16)17)5-9(8)12/h3-6H,1-2H3. The van der Waals surface area contributed by atoms with E-state index in [9.17, 15) is 19.7 Å². The molecule has 1 unspecified atom stereocenters. The first-order valence-corrected chi connectivity index (χ1v) is 5.47. The van der Waals surface area contributed by atoms with Crippen LogP contribution in [0.5, 0.6) is 0 Å². The number of ether oxygens (including phenoxy) is 2. The molecule has 1 aromatic carbocycles. The average Bonchev–Trinajstić information content (AvgIpc) is 2.37. The van der Waals surface area contributed by atoms with Gasteiger partial charge in [-0.25, -0.2) is 9.59 Å². The number of hydrogen-bond acceptors (Lipinski definition) is 6. The Morgan fingerprint density at radius 1 is 1.42 bits per heavy atom. The van der Waals surface area contributed by atoms with Gasteiger partial charge < -0.3 is 9.47 Å². The van der Waals surface area contributed by atoms with E-state index < -0.39 is 23.0 Å². The van der Waals surface area contributed by atoms with Crippen molar-refractivity contribution in [1.82, 2.24) is 0 Å². The third-order valence-electron chi connectivity index (χ3n) is 2.20. The Labute approximate surface area is 113 Å².